The predicted octanol–water partition coefficient (Wildman–Crippen LogP) is 7.18. The van der Waals surface area contributed by atoms with E-state index >= 15 is 0 Å². The Balaban J connectivity index is 1.56. The number of thioether (sulfide) groups is 1. The Labute approximate surface area is 268 Å². The molecule has 2 heterocycles. The minimum Gasteiger partial charge on any atom is -0.507 e. The molecule has 0 bridgehead atoms. The van der Waals surface area contributed by atoms with E-state index < -0.39 is 17.7 Å². The third-order valence-electron chi connectivity index (χ3n) is 7.02. The number of aromatic nitrogens is 2. The molecule has 0 saturated carbocycles. The van der Waals surface area contributed by atoms with Gasteiger partial charge in [0.15, 0.2) is 15.8 Å². The number of ether oxygens (including phenoxy) is 3. The van der Waals surface area contributed by atoms with Crippen LogP contribution in [0.1, 0.15) is 49.4 Å². The van der Waals surface area contributed by atoms with Crippen LogP contribution in [0.2, 0.25) is 0 Å². The number of aliphatic hydroxyl groups excluding tert-OH is 1. The Morgan fingerprint density at radius 2 is 1.76 bits per heavy atom. The van der Waals surface area contributed by atoms with Crippen LogP contribution in [0.25, 0.3) is 5.76 Å². The lowest BCUT2D eigenvalue weighted by Crippen LogP contribution is -2.29. The Morgan fingerprint density at radius 3 is 2.44 bits per heavy atom. The average Bonchev–Trinajstić information content (AvgIpc) is 3.63. The van der Waals surface area contributed by atoms with E-state index in [1.54, 1.807) is 54.6 Å². The van der Waals surface area contributed by atoms with Crippen molar-refractivity contribution in [3.05, 3.63) is 94.8 Å². The monoisotopic (exact) mass is 649 g/mol. The molecule has 0 radical (unpaired) electrons. The number of Topliss-reactive ketones (excluding diaryl/α,β-unsaturated/α-hetero) is 1. The second-order valence-electron chi connectivity index (χ2n) is 10.0. The van der Waals surface area contributed by atoms with Crippen molar-refractivity contribution in [2.24, 2.45) is 0 Å². The minimum absolute atomic E-state index is 0.0945. The molecule has 5 rings (SSSR count). The number of unbranched alkanes of at least 4 members (excludes halogenated alkanes) is 1. The standard InChI is InChI=1S/C33H32FN3O6S2/c1-4-6-17-43-25-16-11-22(18-26(25)42-5-2)28-27(29(38)21-9-14-24(41-3)15-10-21)30(39)31(40)37(28)32-35-36-33(45-32)44-19-20-7-12-23(34)13-8-20/h7-16,18,28,38H,4-6,17,19H2,1-3H3/b29-27+. The first-order valence-corrected chi connectivity index (χ1v) is 16.2. The highest BCUT2D eigenvalue weighted by Gasteiger charge is 2.48. The molecule has 0 aliphatic carbocycles. The number of nitrogens with zero attached hydrogens (tertiary/aromatic N) is 3. The van der Waals surface area contributed by atoms with Gasteiger partial charge in [0.2, 0.25) is 5.13 Å². The molecular weight excluding hydrogens is 618 g/mol. The Hall–Kier alpha value is -4.42. The van der Waals surface area contributed by atoms with Gasteiger partial charge in [-0.15, -0.1) is 10.2 Å². The van der Waals surface area contributed by atoms with Gasteiger partial charge in [0.25, 0.3) is 5.78 Å². The lowest BCUT2D eigenvalue weighted by molar-refractivity contribution is -0.132. The van der Waals surface area contributed by atoms with Crippen molar-refractivity contribution in [2.45, 2.75) is 42.8 Å². The van der Waals surface area contributed by atoms with Crippen molar-refractivity contribution < 1.29 is 33.3 Å². The third-order valence-corrected chi connectivity index (χ3v) is 9.15. The SMILES string of the molecule is CCCCOc1ccc(C2/C(=C(\O)c3ccc(OC)cc3)C(=O)C(=O)N2c2nnc(SCc3ccc(F)cc3)s2)cc1OCC. The number of halogens is 1. The Morgan fingerprint density at radius 1 is 1.00 bits per heavy atom. The zero-order chi connectivity index (χ0) is 31.9. The number of carbonyl (C=O) groups excluding carboxylic acids is 2. The Bertz CT molecular complexity index is 1690. The molecule has 1 aliphatic heterocycles. The molecule has 4 aromatic rings. The molecule has 9 nitrogen and oxygen atoms in total. The summed E-state index contributed by atoms with van der Waals surface area (Å²) in [7, 11) is 1.53. The van der Waals surface area contributed by atoms with Crippen LogP contribution >= 0.6 is 23.1 Å². The van der Waals surface area contributed by atoms with Crippen LogP contribution in [-0.2, 0) is 15.3 Å². The van der Waals surface area contributed by atoms with Crippen LogP contribution in [0, 0.1) is 5.82 Å². The number of rotatable bonds is 13. The second kappa shape index (κ2) is 14.6. The number of hydrogen-bond donors (Lipinski definition) is 1. The molecule has 12 heteroatoms. The number of methoxy groups -OCH3 is 1. The van der Waals surface area contributed by atoms with Crippen molar-refractivity contribution in [3.8, 4) is 17.2 Å². The topological polar surface area (TPSA) is 111 Å². The molecule has 3 aromatic carbocycles. The van der Waals surface area contributed by atoms with E-state index in [1.807, 2.05) is 6.92 Å². The highest BCUT2D eigenvalue weighted by molar-refractivity contribution is 8.00. The zero-order valence-electron chi connectivity index (χ0n) is 25.0. The summed E-state index contributed by atoms with van der Waals surface area (Å²) in [6, 6.07) is 16.9. The highest BCUT2D eigenvalue weighted by atomic mass is 32.2. The van der Waals surface area contributed by atoms with E-state index in [-0.39, 0.29) is 22.3 Å². The largest absolute Gasteiger partial charge is 0.507 e. The number of aliphatic hydroxyl groups is 1. The fourth-order valence-electron chi connectivity index (χ4n) is 4.74. The minimum atomic E-state index is -1.03. The van der Waals surface area contributed by atoms with Gasteiger partial charge in [0.05, 0.1) is 31.9 Å². The molecule has 45 heavy (non-hydrogen) atoms. The van der Waals surface area contributed by atoms with Crippen LogP contribution in [-0.4, -0.2) is 47.3 Å². The third kappa shape index (κ3) is 7.12. The maximum Gasteiger partial charge on any atom is 0.301 e. The molecular formula is C33H32FN3O6S2. The quantitative estimate of drug-likeness (QED) is 0.0402. The molecule has 1 atom stereocenters. The number of hydrogen-bond acceptors (Lipinski definition) is 10. The molecule has 1 fully saturated rings. The van der Waals surface area contributed by atoms with E-state index in [4.69, 9.17) is 14.2 Å². The second-order valence-corrected chi connectivity index (χ2v) is 12.2. The lowest BCUT2D eigenvalue weighted by atomic mass is 9.95. The number of carbonyl (C=O) groups is 2. The van der Waals surface area contributed by atoms with Gasteiger partial charge < -0.3 is 19.3 Å². The summed E-state index contributed by atoms with van der Waals surface area (Å²) < 4.78 is 31.0. The first kappa shape index (κ1) is 32.0. The van der Waals surface area contributed by atoms with Gasteiger partial charge in [-0.2, -0.15) is 0 Å². The van der Waals surface area contributed by atoms with Crippen molar-refractivity contribution >= 4 is 45.7 Å². The highest BCUT2D eigenvalue weighted by Crippen LogP contribution is 2.45. The van der Waals surface area contributed by atoms with Crippen molar-refractivity contribution in [1.29, 1.82) is 0 Å². The summed E-state index contributed by atoms with van der Waals surface area (Å²) in [5, 5.41) is 20.2. The fourth-order valence-corrected chi connectivity index (χ4v) is 6.57. The number of amides is 1. The van der Waals surface area contributed by atoms with E-state index in [1.165, 1.54) is 35.9 Å². The average molecular weight is 650 g/mol. The lowest BCUT2D eigenvalue weighted by Gasteiger charge is -2.23. The van der Waals surface area contributed by atoms with Crippen LogP contribution in [0.15, 0.2) is 76.6 Å². The molecule has 0 spiro atoms. The smallest absolute Gasteiger partial charge is 0.301 e. The zero-order valence-corrected chi connectivity index (χ0v) is 26.6. The summed E-state index contributed by atoms with van der Waals surface area (Å²) in [5.41, 5.74) is 1.66. The molecule has 234 valence electrons. The summed E-state index contributed by atoms with van der Waals surface area (Å²) in [6.07, 6.45) is 1.84. The molecule has 1 saturated heterocycles. The molecule has 1 N–H and O–H groups in total. The summed E-state index contributed by atoms with van der Waals surface area (Å²) in [5.74, 6) is -0.284. The first-order chi connectivity index (χ1) is 21.8. The van der Waals surface area contributed by atoms with Crippen molar-refractivity contribution in [1.82, 2.24) is 10.2 Å². The molecule has 1 unspecified atom stereocenters. The number of ketones is 1. The summed E-state index contributed by atoms with van der Waals surface area (Å²) in [6.45, 7) is 4.80. The Kier molecular flexibility index (Phi) is 10.4. The first-order valence-electron chi connectivity index (χ1n) is 14.4. The van der Waals surface area contributed by atoms with Crippen LogP contribution < -0.4 is 19.1 Å². The van der Waals surface area contributed by atoms with Gasteiger partial charge in [-0.25, -0.2) is 4.39 Å². The van der Waals surface area contributed by atoms with Gasteiger partial charge in [-0.1, -0.05) is 54.6 Å². The van der Waals surface area contributed by atoms with E-state index in [0.29, 0.717) is 51.7 Å². The molecule has 1 aliphatic rings. The van der Waals surface area contributed by atoms with Crippen molar-refractivity contribution in [3.63, 3.8) is 0 Å². The van der Waals surface area contributed by atoms with E-state index in [2.05, 4.69) is 17.1 Å². The summed E-state index contributed by atoms with van der Waals surface area (Å²) >= 11 is 2.52. The summed E-state index contributed by atoms with van der Waals surface area (Å²) in [4.78, 5) is 28.6. The van der Waals surface area contributed by atoms with Gasteiger partial charge in [0, 0.05) is 11.3 Å². The maximum absolute atomic E-state index is 13.7. The number of anilines is 1. The van der Waals surface area contributed by atoms with E-state index in [0.717, 1.165) is 29.7 Å². The van der Waals surface area contributed by atoms with Gasteiger partial charge in [0.1, 0.15) is 17.3 Å². The molecule has 1 aromatic heterocycles. The van der Waals surface area contributed by atoms with Crippen LogP contribution in [0.5, 0.6) is 17.2 Å². The van der Waals surface area contributed by atoms with E-state index in [9.17, 15) is 19.1 Å². The maximum atomic E-state index is 13.7. The van der Waals surface area contributed by atoms with Crippen LogP contribution in [0.4, 0.5) is 9.52 Å². The van der Waals surface area contributed by atoms with Crippen LogP contribution in [0.3, 0.4) is 0 Å². The van der Waals surface area contributed by atoms with Gasteiger partial charge in [-0.05, 0) is 73.0 Å². The fraction of sp³-hybridized carbons (Fsp3) is 0.273. The molecule has 1 amide bonds. The van der Waals surface area contributed by atoms with Crippen molar-refractivity contribution in [2.75, 3.05) is 25.2 Å². The normalized spacial score (nSPS) is 15.8. The van der Waals surface area contributed by atoms with Gasteiger partial charge in [-0.3, -0.25) is 14.5 Å². The predicted molar refractivity (Wildman–Crippen MR) is 172 cm³/mol. The van der Waals surface area contributed by atoms with Gasteiger partial charge >= 0.3 is 5.91 Å². The number of benzene rings is 3.